The fraction of sp³-hybridized carbons (Fsp3) is 0.308. The molecule has 0 spiro atoms. The van der Waals surface area contributed by atoms with Gasteiger partial charge in [-0.3, -0.25) is 9.69 Å². The summed E-state index contributed by atoms with van der Waals surface area (Å²) >= 11 is 13.1. The van der Waals surface area contributed by atoms with Crippen LogP contribution in [0.1, 0.15) is 31.4 Å². The summed E-state index contributed by atoms with van der Waals surface area (Å²) in [6.07, 6.45) is 5.10. The molecule has 1 heterocycles. The molecule has 0 radical (unpaired) electrons. The van der Waals surface area contributed by atoms with E-state index in [1.807, 2.05) is 25.1 Å². The molecule has 3 rings (SSSR count). The van der Waals surface area contributed by atoms with Crippen LogP contribution in [0.25, 0.3) is 6.08 Å². The molecule has 34 heavy (non-hydrogen) atoms. The lowest BCUT2D eigenvalue weighted by Gasteiger charge is -2.15. The van der Waals surface area contributed by atoms with Crippen LogP contribution in [0.4, 0.5) is 0 Å². The summed E-state index contributed by atoms with van der Waals surface area (Å²) in [5, 5.41) is 0.412. The summed E-state index contributed by atoms with van der Waals surface area (Å²) in [7, 11) is 0. The zero-order valence-corrected chi connectivity index (χ0v) is 21.7. The number of amides is 1. The predicted octanol–water partition coefficient (Wildman–Crippen LogP) is 6.54. The minimum absolute atomic E-state index is 0.145. The topological polar surface area (TPSA) is 48.0 Å². The highest BCUT2D eigenvalue weighted by Crippen LogP contribution is 2.39. The molecule has 2 aromatic carbocycles. The van der Waals surface area contributed by atoms with Crippen molar-refractivity contribution in [2.75, 3.05) is 26.4 Å². The molecule has 1 fully saturated rings. The molecule has 0 aromatic heterocycles. The molecule has 0 aliphatic carbocycles. The van der Waals surface area contributed by atoms with E-state index < -0.39 is 0 Å². The molecule has 0 N–H and O–H groups in total. The maximum atomic E-state index is 12.6. The number of rotatable bonds is 12. The first-order valence-electron chi connectivity index (χ1n) is 11.1. The third-order valence-electron chi connectivity index (χ3n) is 4.95. The van der Waals surface area contributed by atoms with Gasteiger partial charge in [0.1, 0.15) is 10.1 Å². The number of hydrogen-bond donors (Lipinski definition) is 0. The number of carbonyl (C=O) groups is 1. The Morgan fingerprint density at radius 3 is 2.53 bits per heavy atom. The number of aryl methyl sites for hydroxylation is 1. The number of hydrogen-bond acceptors (Lipinski definition) is 6. The number of carbonyl (C=O) groups excluding carboxylic acids is 1. The van der Waals surface area contributed by atoms with Crippen LogP contribution in [-0.4, -0.2) is 41.5 Å². The number of halogens is 1. The molecule has 1 amide bonds. The largest absolute Gasteiger partial charge is 0.493 e. The zero-order chi connectivity index (χ0) is 24.5. The normalized spacial score (nSPS) is 14.6. The molecule has 0 atom stereocenters. The zero-order valence-electron chi connectivity index (χ0n) is 19.3. The van der Waals surface area contributed by atoms with Crippen LogP contribution in [-0.2, 0) is 11.2 Å². The van der Waals surface area contributed by atoms with E-state index in [1.165, 1.54) is 22.2 Å². The number of thioether (sulfide) groups is 1. The number of benzene rings is 2. The Hall–Kier alpha value is -2.48. The summed E-state index contributed by atoms with van der Waals surface area (Å²) in [6.45, 7) is 9.47. The van der Waals surface area contributed by atoms with E-state index in [4.69, 9.17) is 38.0 Å². The van der Waals surface area contributed by atoms with Gasteiger partial charge in [-0.25, -0.2) is 0 Å². The van der Waals surface area contributed by atoms with E-state index in [0.29, 0.717) is 58.5 Å². The van der Waals surface area contributed by atoms with E-state index in [0.717, 1.165) is 17.7 Å². The van der Waals surface area contributed by atoms with Crippen LogP contribution in [0.15, 0.2) is 54.0 Å². The second-order valence-electron chi connectivity index (χ2n) is 7.39. The maximum absolute atomic E-state index is 12.6. The number of nitrogens with zero attached hydrogens (tertiary/aromatic N) is 1. The fourth-order valence-electron chi connectivity index (χ4n) is 3.26. The van der Waals surface area contributed by atoms with E-state index >= 15 is 0 Å². The van der Waals surface area contributed by atoms with Crippen molar-refractivity contribution in [3.63, 3.8) is 0 Å². The highest BCUT2D eigenvalue weighted by Gasteiger charge is 2.31. The van der Waals surface area contributed by atoms with Crippen molar-refractivity contribution in [2.24, 2.45) is 0 Å². The molecule has 1 aliphatic heterocycles. The van der Waals surface area contributed by atoms with E-state index in [2.05, 4.69) is 25.6 Å². The van der Waals surface area contributed by atoms with Gasteiger partial charge in [-0.2, -0.15) is 0 Å². The third kappa shape index (κ3) is 6.78. The summed E-state index contributed by atoms with van der Waals surface area (Å²) in [4.78, 5) is 14.7. The fourth-order valence-corrected chi connectivity index (χ4v) is 4.81. The minimum Gasteiger partial charge on any atom is -0.493 e. The molecular formula is C26H28ClNO4S2. The van der Waals surface area contributed by atoms with Gasteiger partial charge in [-0.05, 0) is 54.8 Å². The van der Waals surface area contributed by atoms with Crippen molar-refractivity contribution < 1.29 is 19.0 Å². The van der Waals surface area contributed by atoms with Crippen molar-refractivity contribution in [3.8, 4) is 17.2 Å². The Bertz CT molecular complexity index is 1070. The van der Waals surface area contributed by atoms with Crippen LogP contribution in [0.3, 0.4) is 0 Å². The molecular weight excluding hydrogens is 490 g/mol. The van der Waals surface area contributed by atoms with E-state index in [9.17, 15) is 4.79 Å². The van der Waals surface area contributed by atoms with Crippen molar-refractivity contribution in [3.05, 3.63) is 70.1 Å². The summed E-state index contributed by atoms with van der Waals surface area (Å²) in [6, 6.07) is 11.7. The smallest absolute Gasteiger partial charge is 0.266 e. The van der Waals surface area contributed by atoms with Gasteiger partial charge >= 0.3 is 0 Å². The first kappa shape index (κ1) is 26.1. The number of ether oxygens (including phenoxy) is 3. The highest BCUT2D eigenvalue weighted by atomic mass is 35.5. The van der Waals surface area contributed by atoms with E-state index in [-0.39, 0.29) is 5.91 Å². The SMILES string of the molecule is C=CCN1C(=O)C(=Cc2cc(Cl)c(OCCCOc3ccc(CC)cc3)c(OCC)c2)SC1=S. The van der Waals surface area contributed by atoms with Crippen LogP contribution < -0.4 is 14.2 Å². The summed E-state index contributed by atoms with van der Waals surface area (Å²) in [5.74, 6) is 1.70. The molecule has 1 saturated heterocycles. The molecule has 1 aliphatic rings. The van der Waals surface area contributed by atoms with Gasteiger partial charge in [0.25, 0.3) is 5.91 Å². The monoisotopic (exact) mass is 517 g/mol. The van der Waals surface area contributed by atoms with Crippen molar-refractivity contribution >= 4 is 51.9 Å². The van der Waals surface area contributed by atoms with Gasteiger partial charge in [-0.1, -0.05) is 60.7 Å². The van der Waals surface area contributed by atoms with Crippen LogP contribution in [0.2, 0.25) is 5.02 Å². The number of thiocarbonyl (C=S) groups is 1. The molecule has 0 saturated carbocycles. The Kier molecular flexibility index (Phi) is 9.86. The van der Waals surface area contributed by atoms with Gasteiger partial charge in [0.2, 0.25) is 0 Å². The molecule has 2 aromatic rings. The molecule has 0 bridgehead atoms. The first-order chi connectivity index (χ1) is 16.5. The Balaban J connectivity index is 1.63. The standard InChI is InChI=1S/C26H28ClNO4S2/c1-4-12-28-25(29)23(34-26(28)33)17-19-15-21(27)24(22(16-19)30-6-3)32-14-7-13-31-20-10-8-18(5-2)9-11-20/h4,8-11,15-17H,1,5-7,12-14H2,2-3H3. The summed E-state index contributed by atoms with van der Waals surface area (Å²) < 4.78 is 18.0. The van der Waals surface area contributed by atoms with Crippen molar-refractivity contribution in [1.29, 1.82) is 0 Å². The lowest BCUT2D eigenvalue weighted by atomic mass is 10.1. The average Bonchev–Trinajstić information content (AvgIpc) is 3.08. The first-order valence-corrected chi connectivity index (χ1v) is 12.7. The molecule has 5 nitrogen and oxygen atoms in total. The molecule has 8 heteroatoms. The quantitative estimate of drug-likeness (QED) is 0.138. The Labute approximate surface area is 215 Å². The lowest BCUT2D eigenvalue weighted by Crippen LogP contribution is -2.27. The van der Waals surface area contributed by atoms with Crippen molar-refractivity contribution in [1.82, 2.24) is 4.90 Å². The van der Waals surface area contributed by atoms with E-state index in [1.54, 1.807) is 18.2 Å². The van der Waals surface area contributed by atoms with Gasteiger partial charge < -0.3 is 14.2 Å². The Morgan fingerprint density at radius 1 is 1.12 bits per heavy atom. The maximum Gasteiger partial charge on any atom is 0.266 e. The third-order valence-corrected chi connectivity index (χ3v) is 6.61. The Morgan fingerprint density at radius 2 is 1.85 bits per heavy atom. The second-order valence-corrected chi connectivity index (χ2v) is 9.47. The summed E-state index contributed by atoms with van der Waals surface area (Å²) in [5.41, 5.74) is 2.01. The molecule has 180 valence electrons. The van der Waals surface area contributed by atoms with Gasteiger partial charge in [0, 0.05) is 13.0 Å². The van der Waals surface area contributed by atoms with Gasteiger partial charge in [0.15, 0.2) is 11.5 Å². The second kappa shape index (κ2) is 12.8. The van der Waals surface area contributed by atoms with Crippen LogP contribution in [0.5, 0.6) is 17.2 Å². The van der Waals surface area contributed by atoms with Gasteiger partial charge in [-0.15, -0.1) is 6.58 Å². The predicted molar refractivity (Wildman–Crippen MR) is 144 cm³/mol. The molecule has 0 unspecified atom stereocenters. The highest BCUT2D eigenvalue weighted by molar-refractivity contribution is 8.26. The van der Waals surface area contributed by atoms with Crippen LogP contribution >= 0.6 is 35.6 Å². The lowest BCUT2D eigenvalue weighted by molar-refractivity contribution is -0.121. The van der Waals surface area contributed by atoms with Crippen LogP contribution in [0, 0.1) is 0 Å². The van der Waals surface area contributed by atoms with Gasteiger partial charge in [0.05, 0.1) is 29.7 Å². The average molecular weight is 518 g/mol. The van der Waals surface area contributed by atoms with Crippen molar-refractivity contribution in [2.45, 2.75) is 26.7 Å². The minimum atomic E-state index is -0.145.